The minimum atomic E-state index is -0.437. The Balaban J connectivity index is 0.000000238. The van der Waals surface area contributed by atoms with Crippen molar-refractivity contribution < 1.29 is 28.7 Å². The molecule has 1 aromatic carbocycles. The molecule has 0 spiro atoms. The van der Waals surface area contributed by atoms with E-state index < -0.39 is 11.8 Å². The number of ether oxygens (including phenoxy) is 2. The van der Waals surface area contributed by atoms with Gasteiger partial charge in [-0.2, -0.15) is 0 Å². The molecule has 2 fully saturated rings. The Bertz CT molecular complexity index is 2150. The first-order chi connectivity index (χ1) is 30.3. The quantitative estimate of drug-likeness (QED) is 0.0902. The number of hydrogen-bond acceptors (Lipinski definition) is 13. The number of aromatic nitrogens is 2. The molecule has 2 aliphatic rings. The van der Waals surface area contributed by atoms with Gasteiger partial charge in [0, 0.05) is 61.8 Å². The molecule has 3 aromatic heterocycles. The minimum absolute atomic E-state index is 0.200. The van der Waals surface area contributed by atoms with Gasteiger partial charge < -0.3 is 41.4 Å². The van der Waals surface area contributed by atoms with Gasteiger partial charge in [-0.05, 0) is 113 Å². The Morgan fingerprint density at radius 3 is 1.67 bits per heavy atom. The van der Waals surface area contributed by atoms with Crippen molar-refractivity contribution in [3.63, 3.8) is 0 Å². The molecule has 5 heterocycles. The molecule has 0 aliphatic carbocycles. The summed E-state index contributed by atoms with van der Waals surface area (Å²) in [6.07, 6.45) is 8.73. The average molecular weight is 879 g/mol. The number of benzene rings is 1. The van der Waals surface area contributed by atoms with Crippen molar-refractivity contribution in [3.8, 4) is 21.8 Å². The predicted molar refractivity (Wildman–Crippen MR) is 247 cm³/mol. The van der Waals surface area contributed by atoms with Gasteiger partial charge in [0.05, 0.1) is 58.8 Å². The summed E-state index contributed by atoms with van der Waals surface area (Å²) in [6.45, 7) is 14.7. The summed E-state index contributed by atoms with van der Waals surface area (Å²) in [7, 11) is 2.77. The Morgan fingerprint density at radius 2 is 1.21 bits per heavy atom. The zero-order valence-electron chi connectivity index (χ0n) is 36.8. The van der Waals surface area contributed by atoms with Gasteiger partial charge >= 0.3 is 11.9 Å². The molecule has 2 aliphatic heterocycles. The zero-order valence-corrected chi connectivity index (χ0v) is 37.7. The number of likely N-dealkylation sites (tertiary alicyclic amines) is 2. The average Bonchev–Trinajstić information content (AvgIpc) is 3.81. The van der Waals surface area contributed by atoms with E-state index in [1.807, 2.05) is 68.4 Å². The van der Waals surface area contributed by atoms with Crippen molar-refractivity contribution in [1.82, 2.24) is 30.4 Å². The van der Waals surface area contributed by atoms with Crippen LogP contribution in [0.25, 0.3) is 21.8 Å². The van der Waals surface area contributed by atoms with E-state index in [2.05, 4.69) is 43.6 Å². The van der Waals surface area contributed by atoms with Gasteiger partial charge in [-0.25, -0.2) is 0 Å². The van der Waals surface area contributed by atoms with E-state index in [9.17, 15) is 19.2 Å². The first kappa shape index (κ1) is 47.8. The fraction of sp³-hybridized carbons (Fsp3) is 0.417. The van der Waals surface area contributed by atoms with E-state index in [-0.39, 0.29) is 47.7 Å². The molecule has 0 radical (unpaired) electrons. The number of thiophene rings is 1. The van der Waals surface area contributed by atoms with Crippen LogP contribution < -0.4 is 22.1 Å². The molecule has 63 heavy (non-hydrogen) atoms. The second kappa shape index (κ2) is 23.3. The third-order valence-electron chi connectivity index (χ3n) is 11.8. The largest absolute Gasteiger partial charge is 0.469 e. The van der Waals surface area contributed by atoms with Crippen LogP contribution in [0.4, 0.5) is 0 Å². The Morgan fingerprint density at radius 1 is 0.714 bits per heavy atom. The van der Waals surface area contributed by atoms with E-state index in [1.165, 1.54) is 25.6 Å². The van der Waals surface area contributed by atoms with E-state index in [1.54, 1.807) is 30.6 Å². The SMILES string of the molecule is C=C(N)N1CCCC(C[C@@H](C(=O)OC)[C@@H](C)NC(=O)c2ccc(-c3ccccn3)cc2)C1.C=C(N)N1CCCC(C[C@@H](C(=O)OC)[C@@H](C)NC(=O)c2ccc(-c3ccccn3)s2)C1. The minimum Gasteiger partial charge on any atom is -0.469 e. The van der Waals surface area contributed by atoms with Gasteiger partial charge in [0.25, 0.3) is 11.8 Å². The maximum Gasteiger partial charge on any atom is 0.310 e. The Hall–Kier alpha value is -6.22. The summed E-state index contributed by atoms with van der Waals surface area (Å²) >= 11 is 1.38. The second-order valence-corrected chi connectivity index (χ2v) is 17.4. The summed E-state index contributed by atoms with van der Waals surface area (Å²) in [6, 6.07) is 21.6. The topological polar surface area (TPSA) is 195 Å². The van der Waals surface area contributed by atoms with Crippen LogP contribution >= 0.6 is 11.3 Å². The van der Waals surface area contributed by atoms with Crippen molar-refractivity contribution in [2.45, 2.75) is 64.5 Å². The standard InChI is InChI=1S/C25H32N4O3.C23H30N4O3S/c1-17(22(25(31)32-3)15-19-7-6-14-29(16-19)18(2)26)28-24(30)21-11-9-20(10-12-21)23-8-4-5-13-27-23;1-15(18(23(29)30-3)13-17-7-6-12-27(14-17)16(2)24)26-22(28)21-10-9-20(31-21)19-8-4-5-11-25-19/h4-5,8-13,17,19,22H,2,6-7,14-16,26H2,1,3H3,(H,28,30);4-5,8-11,15,17-18H,2,6-7,12-14,24H2,1,3H3,(H,26,28)/t17-,19?,22-;15-,17?,18-/m11/s1. The lowest BCUT2D eigenvalue weighted by Gasteiger charge is -2.36. The van der Waals surface area contributed by atoms with Crippen LogP contribution in [-0.4, -0.2) is 96.0 Å². The molecule has 336 valence electrons. The maximum atomic E-state index is 12.8. The third kappa shape index (κ3) is 13.6. The second-order valence-electron chi connectivity index (χ2n) is 16.3. The van der Waals surface area contributed by atoms with Gasteiger partial charge in [-0.3, -0.25) is 29.1 Å². The summed E-state index contributed by atoms with van der Waals surface area (Å²) in [5.74, 6) is -0.229. The smallest absolute Gasteiger partial charge is 0.310 e. The molecule has 0 bridgehead atoms. The molecule has 2 amide bonds. The normalized spacial score (nSPS) is 18.0. The van der Waals surface area contributed by atoms with Crippen LogP contribution in [0.3, 0.4) is 0 Å². The van der Waals surface area contributed by atoms with E-state index >= 15 is 0 Å². The van der Waals surface area contributed by atoms with Crippen molar-refractivity contribution >= 4 is 35.1 Å². The Labute approximate surface area is 375 Å². The van der Waals surface area contributed by atoms with Crippen LogP contribution in [0, 0.1) is 23.7 Å². The van der Waals surface area contributed by atoms with Crippen molar-refractivity contribution in [2.24, 2.45) is 35.1 Å². The molecule has 6 rings (SSSR count). The van der Waals surface area contributed by atoms with E-state index in [0.717, 1.165) is 73.7 Å². The molecule has 15 heteroatoms. The molecular weight excluding hydrogens is 817 g/mol. The van der Waals surface area contributed by atoms with Gasteiger partial charge in [-0.1, -0.05) is 37.4 Å². The molecule has 2 saturated heterocycles. The lowest BCUT2D eigenvalue weighted by molar-refractivity contribution is -0.148. The summed E-state index contributed by atoms with van der Waals surface area (Å²) < 4.78 is 10.1. The first-order valence-electron chi connectivity index (χ1n) is 21.5. The Kier molecular flexibility index (Phi) is 17.7. The highest BCUT2D eigenvalue weighted by Gasteiger charge is 2.34. The van der Waals surface area contributed by atoms with Gasteiger partial charge in [-0.15, -0.1) is 11.3 Å². The number of amides is 2. The molecule has 6 atom stereocenters. The summed E-state index contributed by atoms with van der Waals surface area (Å²) in [5.41, 5.74) is 14.9. The van der Waals surface area contributed by atoms with Crippen LogP contribution in [0.2, 0.25) is 0 Å². The number of nitrogens with one attached hydrogen (secondary N) is 2. The molecule has 4 aromatic rings. The molecular formula is C48H62N8O6S. The molecule has 2 unspecified atom stereocenters. The third-order valence-corrected chi connectivity index (χ3v) is 12.9. The molecule has 6 N–H and O–H groups in total. The van der Waals surface area contributed by atoms with Gasteiger partial charge in [0.2, 0.25) is 0 Å². The van der Waals surface area contributed by atoms with Crippen molar-refractivity contribution in [2.75, 3.05) is 40.4 Å². The van der Waals surface area contributed by atoms with Crippen LogP contribution in [0.1, 0.15) is 72.4 Å². The number of piperidine rings is 2. The van der Waals surface area contributed by atoms with Crippen molar-refractivity contribution in [1.29, 1.82) is 0 Å². The molecule has 0 saturated carbocycles. The summed E-state index contributed by atoms with van der Waals surface area (Å²) in [5, 5.41) is 5.98. The number of carbonyl (C=O) groups excluding carboxylic acids is 4. The number of methoxy groups -OCH3 is 2. The number of nitrogens with zero attached hydrogens (tertiary/aromatic N) is 4. The number of pyridine rings is 2. The van der Waals surface area contributed by atoms with Gasteiger partial charge in [0.15, 0.2) is 0 Å². The monoisotopic (exact) mass is 878 g/mol. The predicted octanol–water partition coefficient (Wildman–Crippen LogP) is 6.44. The lowest BCUT2D eigenvalue weighted by Crippen LogP contribution is -2.44. The van der Waals surface area contributed by atoms with Crippen LogP contribution in [0.5, 0.6) is 0 Å². The van der Waals surface area contributed by atoms with E-state index in [4.69, 9.17) is 20.9 Å². The fourth-order valence-corrected chi connectivity index (χ4v) is 9.15. The van der Waals surface area contributed by atoms with Crippen LogP contribution in [0.15, 0.2) is 110 Å². The number of hydrogen-bond donors (Lipinski definition) is 4. The highest BCUT2D eigenvalue weighted by atomic mass is 32.1. The highest BCUT2D eigenvalue weighted by molar-refractivity contribution is 7.17. The molecule has 14 nitrogen and oxygen atoms in total. The summed E-state index contributed by atoms with van der Waals surface area (Å²) in [4.78, 5) is 65.0. The lowest BCUT2D eigenvalue weighted by atomic mass is 9.85. The maximum absolute atomic E-state index is 12.8. The number of rotatable bonds is 16. The van der Waals surface area contributed by atoms with E-state index in [0.29, 0.717) is 34.9 Å². The fourth-order valence-electron chi connectivity index (χ4n) is 8.27. The number of nitrogens with two attached hydrogens (primary N) is 2. The van der Waals surface area contributed by atoms with Gasteiger partial charge in [0.1, 0.15) is 0 Å². The van der Waals surface area contributed by atoms with Crippen molar-refractivity contribution in [3.05, 3.63) is 120 Å². The zero-order chi connectivity index (χ0) is 45.5. The number of esters is 2. The van der Waals surface area contributed by atoms with Crippen LogP contribution in [-0.2, 0) is 19.1 Å². The first-order valence-corrected chi connectivity index (χ1v) is 22.3. The highest BCUT2D eigenvalue weighted by Crippen LogP contribution is 2.30. The number of carbonyl (C=O) groups is 4.